The monoisotopic (exact) mass is 574 g/mol. The molecule has 0 aromatic rings. The minimum Gasteiger partial charge on any atom is -0.326 e. The molecule has 0 aliphatic carbocycles. The second kappa shape index (κ2) is 8.29. The van der Waals surface area contributed by atoms with Crippen LogP contribution in [0.4, 0.5) is 87.8 Å². The molecule has 0 saturated heterocycles. The molecule has 0 fully saturated rings. The average molecular weight is 574 g/mol. The van der Waals surface area contributed by atoms with Crippen LogP contribution in [0.2, 0.25) is 0 Å². The zero-order valence-corrected chi connectivity index (χ0v) is 16.8. The van der Waals surface area contributed by atoms with Crippen molar-refractivity contribution >= 4 is 0 Å². The van der Waals surface area contributed by atoms with Crippen LogP contribution in [0.1, 0.15) is 0 Å². The van der Waals surface area contributed by atoms with Crippen molar-refractivity contribution in [1.29, 1.82) is 0 Å². The lowest BCUT2D eigenvalue weighted by Gasteiger charge is -2.44. The van der Waals surface area contributed by atoms with Gasteiger partial charge in [0.05, 0.1) is 21.1 Å². The van der Waals surface area contributed by atoms with Crippen molar-refractivity contribution in [2.24, 2.45) is 0 Å². The van der Waals surface area contributed by atoms with Gasteiger partial charge in [0.1, 0.15) is 6.54 Å². The zero-order chi connectivity index (χ0) is 29.3. The van der Waals surface area contributed by atoms with Gasteiger partial charge in [-0.3, -0.25) is 0 Å². The van der Waals surface area contributed by atoms with E-state index in [9.17, 15) is 87.8 Å². The number of quaternary nitrogens is 1. The Hall–Kier alpha value is -1.44. The Kier molecular flexibility index (Phi) is 7.95. The van der Waals surface area contributed by atoms with E-state index in [2.05, 4.69) is 0 Å². The van der Waals surface area contributed by atoms with E-state index < -0.39 is 70.8 Å². The van der Waals surface area contributed by atoms with E-state index in [1.807, 2.05) is 0 Å². The Morgan fingerprint density at radius 2 is 0.657 bits per heavy atom. The molecule has 0 amide bonds. The zero-order valence-electron chi connectivity index (χ0n) is 16.8. The standard InChI is InChI=1S/C14H12F20N/c1-35(2,3)4-6(17,18)8(21,22)10(25,26)12(29,30)14(33,34)13(31,32)11(27,28)9(23,24)7(19,20)5(15)16/h5H,4H2,1-3H3/q+1. The third-order valence-corrected chi connectivity index (χ3v) is 4.19. The maximum absolute atomic E-state index is 13.6. The van der Waals surface area contributed by atoms with E-state index in [0.717, 1.165) is 0 Å². The fraction of sp³-hybridized carbons (Fsp3) is 1.00. The lowest BCUT2D eigenvalue weighted by atomic mass is 9.86. The fourth-order valence-corrected chi connectivity index (χ4v) is 2.26. The van der Waals surface area contributed by atoms with Crippen molar-refractivity contribution in [3.63, 3.8) is 0 Å². The van der Waals surface area contributed by atoms with Crippen LogP contribution in [0.25, 0.3) is 0 Å². The van der Waals surface area contributed by atoms with Crippen LogP contribution in [-0.2, 0) is 0 Å². The van der Waals surface area contributed by atoms with Crippen molar-refractivity contribution in [3.05, 3.63) is 0 Å². The largest absolute Gasteiger partial charge is 0.385 e. The summed E-state index contributed by atoms with van der Waals surface area (Å²) in [6.45, 7) is -2.62. The second-order valence-corrected chi connectivity index (χ2v) is 8.10. The number of hydrogen-bond donors (Lipinski definition) is 0. The molecule has 0 aromatic carbocycles. The first-order valence-corrected chi connectivity index (χ1v) is 8.14. The number of hydrogen-bond acceptors (Lipinski definition) is 0. The van der Waals surface area contributed by atoms with Gasteiger partial charge < -0.3 is 4.48 Å². The Morgan fingerprint density at radius 3 is 0.886 bits per heavy atom. The molecular formula is C14H12F20N+. The third-order valence-electron chi connectivity index (χ3n) is 4.19. The highest BCUT2D eigenvalue weighted by Crippen LogP contribution is 2.65. The van der Waals surface area contributed by atoms with E-state index >= 15 is 0 Å². The molecule has 0 saturated carbocycles. The van der Waals surface area contributed by atoms with Crippen LogP contribution < -0.4 is 0 Å². The molecule has 212 valence electrons. The Balaban J connectivity index is 6.98. The van der Waals surface area contributed by atoms with Gasteiger partial charge in [0.25, 0.3) is 0 Å². The molecule has 0 bridgehead atoms. The van der Waals surface area contributed by atoms with Crippen LogP contribution in [0.5, 0.6) is 0 Å². The minimum absolute atomic E-state index is 0.509. The van der Waals surface area contributed by atoms with Crippen molar-refractivity contribution in [2.75, 3.05) is 27.7 Å². The van der Waals surface area contributed by atoms with E-state index in [1.165, 1.54) is 0 Å². The normalized spacial score (nSPS) is 16.8. The van der Waals surface area contributed by atoms with Gasteiger partial charge >= 0.3 is 59.7 Å². The minimum atomic E-state index is -8.97. The summed E-state index contributed by atoms with van der Waals surface area (Å²) in [5, 5.41) is 0. The SMILES string of the molecule is C[N+](C)(C)CC(F)(F)C(F)(F)C(F)(F)C(F)(F)C(F)(F)C(F)(F)C(F)(F)C(F)(F)C(F)(F)C(F)F. The molecule has 0 rings (SSSR count). The van der Waals surface area contributed by atoms with Gasteiger partial charge in [-0.1, -0.05) is 0 Å². The summed E-state index contributed by atoms with van der Waals surface area (Å²) in [7, 11) is 1.53. The van der Waals surface area contributed by atoms with Gasteiger partial charge in [-0.2, -0.15) is 79.0 Å². The maximum atomic E-state index is 13.6. The maximum Gasteiger partial charge on any atom is 0.385 e. The van der Waals surface area contributed by atoms with Crippen LogP contribution in [-0.4, -0.2) is 91.9 Å². The van der Waals surface area contributed by atoms with E-state index in [4.69, 9.17) is 0 Å². The van der Waals surface area contributed by atoms with Crippen LogP contribution in [0.3, 0.4) is 0 Å². The molecule has 0 unspecified atom stereocenters. The first-order chi connectivity index (χ1) is 14.7. The molecule has 0 aliphatic heterocycles. The van der Waals surface area contributed by atoms with Crippen molar-refractivity contribution < 1.29 is 92.3 Å². The van der Waals surface area contributed by atoms with E-state index in [0.29, 0.717) is 21.1 Å². The van der Waals surface area contributed by atoms with Crippen LogP contribution >= 0.6 is 0 Å². The molecule has 0 heterocycles. The molecule has 0 N–H and O–H groups in total. The lowest BCUT2D eigenvalue weighted by molar-refractivity contribution is -0.880. The second-order valence-electron chi connectivity index (χ2n) is 8.10. The first-order valence-electron chi connectivity index (χ1n) is 8.14. The summed E-state index contributed by atoms with van der Waals surface area (Å²) in [6.07, 6.45) is -6.08. The molecule has 0 aromatic heterocycles. The van der Waals surface area contributed by atoms with Gasteiger partial charge in [-0.15, -0.1) is 0 Å². The van der Waals surface area contributed by atoms with Crippen LogP contribution in [0, 0.1) is 0 Å². The van der Waals surface area contributed by atoms with Gasteiger partial charge in [-0.25, -0.2) is 8.78 Å². The van der Waals surface area contributed by atoms with Gasteiger partial charge in [0.2, 0.25) is 0 Å². The average Bonchev–Trinajstić information content (AvgIpc) is 2.57. The highest BCUT2D eigenvalue weighted by molar-refractivity contribution is 5.17. The van der Waals surface area contributed by atoms with E-state index in [-0.39, 0.29) is 0 Å². The summed E-state index contributed by atoms with van der Waals surface area (Å²) < 4.78 is 263. The fourth-order valence-electron chi connectivity index (χ4n) is 2.26. The summed E-state index contributed by atoms with van der Waals surface area (Å²) >= 11 is 0. The molecule has 35 heavy (non-hydrogen) atoms. The molecular weight excluding hydrogens is 562 g/mol. The summed E-state index contributed by atoms with van der Waals surface area (Å²) in [5.74, 6) is -74.5. The topological polar surface area (TPSA) is 0 Å². The summed E-state index contributed by atoms with van der Waals surface area (Å²) in [4.78, 5) is 0. The number of rotatable bonds is 11. The molecule has 0 aliphatic rings. The van der Waals surface area contributed by atoms with Crippen molar-refractivity contribution in [3.8, 4) is 0 Å². The molecule has 21 heteroatoms. The first kappa shape index (κ1) is 33.6. The Bertz CT molecular complexity index is 760. The van der Waals surface area contributed by atoms with Gasteiger partial charge in [0, 0.05) is 0 Å². The molecule has 0 spiro atoms. The summed E-state index contributed by atoms with van der Waals surface area (Å²) in [5.41, 5.74) is 0. The Labute approximate surface area is 181 Å². The van der Waals surface area contributed by atoms with Crippen molar-refractivity contribution in [1.82, 2.24) is 0 Å². The smallest absolute Gasteiger partial charge is 0.326 e. The highest BCUT2D eigenvalue weighted by atomic mass is 19.4. The van der Waals surface area contributed by atoms with Crippen molar-refractivity contribution in [2.45, 2.75) is 59.7 Å². The number of halogens is 20. The molecule has 0 atom stereocenters. The van der Waals surface area contributed by atoms with Crippen LogP contribution in [0.15, 0.2) is 0 Å². The number of nitrogens with zero attached hydrogens (tertiary/aromatic N) is 1. The summed E-state index contributed by atoms with van der Waals surface area (Å²) in [6, 6.07) is 0. The number of alkyl halides is 20. The lowest BCUT2D eigenvalue weighted by Crippen LogP contribution is -2.77. The van der Waals surface area contributed by atoms with Gasteiger partial charge in [-0.05, 0) is 0 Å². The Morgan fingerprint density at radius 1 is 0.429 bits per heavy atom. The predicted octanol–water partition coefficient (Wildman–Crippen LogP) is 6.68. The third kappa shape index (κ3) is 4.46. The highest BCUT2D eigenvalue weighted by Gasteiger charge is 2.97. The predicted molar refractivity (Wildman–Crippen MR) is 73.4 cm³/mol. The van der Waals surface area contributed by atoms with Gasteiger partial charge in [0.15, 0.2) is 0 Å². The molecule has 0 radical (unpaired) electrons. The quantitative estimate of drug-likeness (QED) is 0.191. The van der Waals surface area contributed by atoms with E-state index in [1.54, 1.807) is 0 Å². The molecule has 1 nitrogen and oxygen atoms in total.